The number of thiophene rings is 1. The largest absolute Gasteiger partial charge is 0.440 e. The smallest absolute Gasteiger partial charge is 0.337 e. The number of hydrogen-bond donors (Lipinski definition) is 0. The van der Waals surface area contributed by atoms with Crippen LogP contribution in [-0.4, -0.2) is 6.85 Å². The number of para-hydroxylation sites is 2. The van der Waals surface area contributed by atoms with Crippen molar-refractivity contribution in [3.05, 3.63) is 253 Å². The molecule has 0 atom stereocenters. The van der Waals surface area contributed by atoms with Crippen molar-refractivity contribution in [1.29, 1.82) is 0 Å². The van der Waals surface area contributed by atoms with Gasteiger partial charge in [0.2, 0.25) is 5.88 Å². The Bertz CT molecular complexity index is 4730. The molecule has 0 saturated carbocycles. The lowest BCUT2D eigenvalue weighted by molar-refractivity contribution is 0.332. The highest BCUT2D eigenvalue weighted by Crippen LogP contribution is 2.56. The normalized spacial score (nSPS) is 14.9. The minimum absolute atomic E-state index is 0.0313. The van der Waals surface area contributed by atoms with Crippen LogP contribution in [0, 0.1) is 0 Å². The molecule has 0 fully saturated rings. The lowest BCUT2D eigenvalue weighted by Crippen LogP contribution is -2.61. The predicted octanol–water partition coefficient (Wildman–Crippen LogP) is 21.1. The molecule has 11 aromatic carbocycles. The highest BCUT2D eigenvalue weighted by Gasteiger charge is 2.50. The molecule has 13 aromatic rings. The Hall–Kier alpha value is -9.10. The highest BCUT2D eigenvalue weighted by molar-refractivity contribution is 7.26. The van der Waals surface area contributed by atoms with Crippen LogP contribution in [-0.2, 0) is 16.2 Å². The van der Waals surface area contributed by atoms with Crippen molar-refractivity contribution in [2.24, 2.45) is 0 Å². The predicted molar refractivity (Wildman–Crippen MR) is 360 cm³/mol. The molecule has 1 aliphatic carbocycles. The van der Waals surface area contributed by atoms with E-state index in [4.69, 9.17) is 4.42 Å². The van der Waals surface area contributed by atoms with Gasteiger partial charge in [0.1, 0.15) is 5.58 Å². The maximum atomic E-state index is 7.88. The third-order valence-electron chi connectivity index (χ3n) is 18.8. The Labute approximate surface area is 497 Å². The number of fused-ring (bicyclic) bond motifs is 11. The van der Waals surface area contributed by atoms with Crippen molar-refractivity contribution < 1.29 is 4.42 Å². The van der Waals surface area contributed by atoms with Crippen LogP contribution in [0.15, 0.2) is 241 Å². The minimum atomic E-state index is -0.310. The Morgan fingerprint density at radius 3 is 1.68 bits per heavy atom. The van der Waals surface area contributed by atoms with Gasteiger partial charge in [-0.2, -0.15) is 0 Å². The zero-order chi connectivity index (χ0) is 56.8. The van der Waals surface area contributed by atoms with Crippen LogP contribution < -0.4 is 25.5 Å². The van der Waals surface area contributed by atoms with Crippen molar-refractivity contribution in [3.63, 3.8) is 0 Å². The second-order valence-corrected chi connectivity index (χ2v) is 27.0. The quantitative estimate of drug-likeness (QED) is 0.148. The summed E-state index contributed by atoms with van der Waals surface area (Å²) in [6.45, 7) is 16.4. The van der Waals surface area contributed by atoms with Crippen LogP contribution in [0.25, 0.3) is 75.3 Å². The van der Waals surface area contributed by atoms with Gasteiger partial charge in [-0.25, -0.2) is 0 Å². The summed E-state index contributed by atoms with van der Waals surface area (Å²) in [4.78, 5) is 7.65. The van der Waals surface area contributed by atoms with Gasteiger partial charge < -0.3 is 14.1 Å². The van der Waals surface area contributed by atoms with E-state index in [9.17, 15) is 0 Å². The fourth-order valence-corrected chi connectivity index (χ4v) is 15.4. The van der Waals surface area contributed by atoms with E-state index in [0.29, 0.717) is 0 Å². The summed E-state index contributed by atoms with van der Waals surface area (Å²) in [7, 11) is 0. The summed E-state index contributed by atoms with van der Waals surface area (Å²) in [5.41, 5.74) is 22.0. The van der Waals surface area contributed by atoms with Gasteiger partial charge in [0.15, 0.2) is 0 Å². The fraction of sp³-hybridized carbons (Fsp3) is 0.154. The molecule has 84 heavy (non-hydrogen) atoms. The Balaban J connectivity index is 1.08. The molecular weight excluding hydrogens is 1040 g/mol. The van der Waals surface area contributed by atoms with Gasteiger partial charge in [-0.3, -0.25) is 4.90 Å². The minimum Gasteiger partial charge on any atom is -0.440 e. The van der Waals surface area contributed by atoms with Crippen molar-refractivity contribution in [2.45, 2.75) is 77.6 Å². The average Bonchev–Trinajstić information content (AvgIpc) is 2.26. The van der Waals surface area contributed by atoms with E-state index in [1.54, 1.807) is 0 Å². The number of furan rings is 1. The third-order valence-corrected chi connectivity index (χ3v) is 19.9. The van der Waals surface area contributed by atoms with Crippen LogP contribution in [0.4, 0.5) is 45.7 Å². The van der Waals surface area contributed by atoms with Crippen LogP contribution in [0.1, 0.15) is 78.0 Å². The van der Waals surface area contributed by atoms with Gasteiger partial charge in [-0.15, -0.1) is 11.3 Å². The number of hydrogen-bond acceptors (Lipinski definition) is 5. The number of anilines is 8. The van der Waals surface area contributed by atoms with Crippen LogP contribution >= 0.6 is 11.3 Å². The third kappa shape index (κ3) is 7.94. The van der Waals surface area contributed by atoms with E-state index >= 15 is 0 Å². The van der Waals surface area contributed by atoms with Gasteiger partial charge in [0.25, 0.3) is 0 Å². The lowest BCUT2D eigenvalue weighted by atomic mass is 9.43. The first-order valence-electron chi connectivity index (χ1n) is 29.8. The monoisotopic (exact) mass is 1100 g/mol. The summed E-state index contributed by atoms with van der Waals surface area (Å²) < 4.78 is 10.4. The molecule has 0 radical (unpaired) electrons. The highest BCUT2D eigenvalue weighted by atomic mass is 32.1. The fourth-order valence-electron chi connectivity index (χ4n) is 14.2. The second-order valence-electron chi connectivity index (χ2n) is 25.9. The summed E-state index contributed by atoms with van der Waals surface area (Å²) in [5.74, 6) is 0.846. The Morgan fingerprint density at radius 1 is 0.452 bits per heavy atom. The first kappa shape index (κ1) is 50.6. The molecular formula is C78H64BN3OS. The van der Waals surface area contributed by atoms with E-state index in [-0.39, 0.29) is 23.1 Å². The lowest BCUT2D eigenvalue weighted by Gasteiger charge is -2.45. The summed E-state index contributed by atoms with van der Waals surface area (Å²) in [5, 5.41) is 6.22. The number of rotatable bonds is 7. The molecule has 16 rings (SSSR count). The topological polar surface area (TPSA) is 22.9 Å². The molecule has 6 heteroatoms. The molecule has 406 valence electrons. The number of benzene rings is 11. The van der Waals surface area contributed by atoms with Gasteiger partial charge in [-0.1, -0.05) is 188 Å². The maximum Gasteiger partial charge on any atom is 0.337 e. The van der Waals surface area contributed by atoms with Crippen LogP contribution in [0.2, 0.25) is 0 Å². The second kappa shape index (κ2) is 18.7. The zero-order valence-corrected chi connectivity index (χ0v) is 49.5. The standard InChI is InChI=1S/C78H64BN3OS/c1-76(2,3)54-34-37-67(59(42-54)51-24-14-9-15-25-51)81-69-44-58(80(55-28-16-10-17-29-55)56-30-18-11-19-31-56)43-63-60-45-62-61-40-52-26-20-21-27-53(52)41-71(61)84-72(62)48-68(60)82(57-35-32-50(33-36-57)49-22-12-8-13-23-49)79(73(63)69)74-64-46-65-66(47-70(64)83-75(74)81)78(6,7)39-38-77(65,4)5/h8-37,40-48H,38-39H2,1-7H3. The molecule has 0 unspecified atom stereocenters. The molecule has 0 saturated heterocycles. The molecule has 4 nitrogen and oxygen atoms in total. The number of nitrogens with zero attached hydrogens (tertiary/aromatic N) is 3. The molecule has 3 aliphatic rings. The molecule has 0 N–H and O–H groups in total. The molecule has 2 aromatic heterocycles. The van der Waals surface area contributed by atoms with E-state index in [1.165, 1.54) is 86.5 Å². The SMILES string of the molecule is CC(C)(C)c1ccc(N2c3cc(N(c4ccccc4)c4ccccc4)cc4c3B(c3c2oc2cc5c(cc32)C(C)(C)CCC5(C)C)N(c2ccc(-c3ccccc3)cc2)c2cc3sc5cc6ccccc6cc5c3cc2-4)c(-c2ccccc2)c1. The van der Waals surface area contributed by atoms with Gasteiger partial charge in [0.05, 0.1) is 5.69 Å². The van der Waals surface area contributed by atoms with E-state index < -0.39 is 0 Å². The summed E-state index contributed by atoms with van der Waals surface area (Å²) in [6.07, 6.45) is 2.22. The van der Waals surface area contributed by atoms with E-state index in [0.717, 1.165) is 74.9 Å². The first-order valence-corrected chi connectivity index (χ1v) is 30.6. The average molecular weight is 1100 g/mol. The van der Waals surface area contributed by atoms with Gasteiger partial charge >= 0.3 is 6.85 Å². The van der Waals surface area contributed by atoms with Crippen molar-refractivity contribution >= 4 is 117 Å². The Morgan fingerprint density at radius 2 is 1.02 bits per heavy atom. The summed E-state index contributed by atoms with van der Waals surface area (Å²) >= 11 is 1.90. The zero-order valence-electron chi connectivity index (χ0n) is 48.7. The van der Waals surface area contributed by atoms with Crippen molar-refractivity contribution in [1.82, 2.24) is 0 Å². The molecule has 0 bridgehead atoms. The van der Waals surface area contributed by atoms with Crippen molar-refractivity contribution in [2.75, 3.05) is 14.6 Å². The van der Waals surface area contributed by atoms with Crippen LogP contribution in [0.5, 0.6) is 0 Å². The Kier molecular flexibility index (Phi) is 11.3. The van der Waals surface area contributed by atoms with Gasteiger partial charge in [0, 0.05) is 76.3 Å². The molecule has 2 aliphatic heterocycles. The first-order chi connectivity index (χ1) is 40.8. The van der Waals surface area contributed by atoms with E-state index in [2.05, 4.69) is 300 Å². The molecule has 0 spiro atoms. The van der Waals surface area contributed by atoms with Crippen molar-refractivity contribution in [3.8, 4) is 33.4 Å². The summed E-state index contributed by atoms with van der Waals surface area (Å²) in [6, 6.07) is 88.8. The van der Waals surface area contributed by atoms with Crippen LogP contribution in [0.3, 0.4) is 0 Å². The van der Waals surface area contributed by atoms with E-state index in [1.807, 2.05) is 11.3 Å². The maximum absolute atomic E-state index is 7.88. The molecule has 4 heterocycles. The van der Waals surface area contributed by atoms with Gasteiger partial charge in [-0.05, 0) is 181 Å². The molecule has 0 amide bonds.